The molecule has 2 N–H and O–H groups in total. The van der Waals surface area contributed by atoms with Crippen molar-refractivity contribution in [2.24, 2.45) is 0 Å². The number of carbonyl (C=O) groups excluding carboxylic acids is 2. The minimum absolute atomic E-state index is 0.0621. The van der Waals surface area contributed by atoms with Crippen molar-refractivity contribution in [2.45, 2.75) is 18.0 Å². The van der Waals surface area contributed by atoms with Crippen molar-refractivity contribution in [3.8, 4) is 17.6 Å². The van der Waals surface area contributed by atoms with E-state index in [2.05, 4.69) is 17.2 Å². The van der Waals surface area contributed by atoms with E-state index in [9.17, 15) is 19.1 Å². The molecule has 8 heteroatoms. The monoisotopic (exact) mass is 499 g/mol. The summed E-state index contributed by atoms with van der Waals surface area (Å²) in [4.78, 5) is 28.7. The highest BCUT2D eigenvalue weighted by Crippen LogP contribution is 2.43. The number of carbonyl (C=O) groups is 2. The zero-order valence-electron chi connectivity index (χ0n) is 20.2. The maximum Gasteiger partial charge on any atom is 0.322 e. The topological polar surface area (TPSA) is 82.1 Å². The van der Waals surface area contributed by atoms with Crippen molar-refractivity contribution in [3.63, 3.8) is 0 Å². The first-order valence-electron chi connectivity index (χ1n) is 12.0. The highest BCUT2D eigenvalue weighted by molar-refractivity contribution is 5.94. The Hall–Kier alpha value is -4.35. The molecule has 37 heavy (non-hydrogen) atoms. The van der Waals surface area contributed by atoms with Gasteiger partial charge in [-0.05, 0) is 54.1 Å². The van der Waals surface area contributed by atoms with Gasteiger partial charge in [-0.1, -0.05) is 36.1 Å². The summed E-state index contributed by atoms with van der Waals surface area (Å²) in [6, 6.07) is 20.0. The van der Waals surface area contributed by atoms with Crippen molar-refractivity contribution in [1.82, 2.24) is 9.80 Å². The lowest BCUT2D eigenvalue weighted by molar-refractivity contribution is -0.159. The molecule has 2 saturated heterocycles. The molecule has 2 aliphatic heterocycles. The molecular formula is C29H26FN3O4. The molecule has 3 atom stereocenters. The van der Waals surface area contributed by atoms with Crippen LogP contribution in [0.1, 0.15) is 22.6 Å². The summed E-state index contributed by atoms with van der Waals surface area (Å²) in [5, 5.41) is 12.6. The maximum atomic E-state index is 14.0. The summed E-state index contributed by atoms with van der Waals surface area (Å²) >= 11 is 0. The Morgan fingerprint density at radius 2 is 1.70 bits per heavy atom. The fraction of sp³-hybridized carbons (Fsp3) is 0.241. The molecule has 2 fully saturated rings. The third kappa shape index (κ3) is 4.86. The van der Waals surface area contributed by atoms with Gasteiger partial charge in [0.15, 0.2) is 0 Å². The van der Waals surface area contributed by atoms with Crippen LogP contribution in [0.2, 0.25) is 0 Å². The van der Waals surface area contributed by atoms with Crippen LogP contribution in [0, 0.1) is 17.7 Å². The SMILES string of the molecule is COc1ccc(C#Cc2ccc([C@@H]3[C@@H](CO)N4C(=O)CN(C(=O)Nc5ccccc5F)C[C@H]34)cc2)cc1. The first-order valence-corrected chi connectivity index (χ1v) is 12.0. The number of hydrogen-bond donors (Lipinski definition) is 2. The van der Waals surface area contributed by atoms with E-state index in [1.807, 2.05) is 48.5 Å². The van der Waals surface area contributed by atoms with Gasteiger partial charge in [0.2, 0.25) is 5.91 Å². The van der Waals surface area contributed by atoms with Gasteiger partial charge < -0.3 is 25.0 Å². The normalized spacial score (nSPS) is 20.3. The second kappa shape index (κ2) is 10.3. The minimum Gasteiger partial charge on any atom is -0.497 e. The van der Waals surface area contributed by atoms with Gasteiger partial charge in [0, 0.05) is 23.6 Å². The lowest BCUT2D eigenvalue weighted by Gasteiger charge is -2.58. The van der Waals surface area contributed by atoms with Crippen molar-refractivity contribution >= 4 is 17.6 Å². The van der Waals surface area contributed by atoms with Crippen molar-refractivity contribution in [2.75, 3.05) is 32.1 Å². The van der Waals surface area contributed by atoms with Gasteiger partial charge in [-0.3, -0.25) is 4.79 Å². The molecule has 0 unspecified atom stereocenters. The quantitative estimate of drug-likeness (QED) is 0.539. The molecule has 0 spiro atoms. The van der Waals surface area contributed by atoms with Crippen LogP contribution in [0.4, 0.5) is 14.9 Å². The van der Waals surface area contributed by atoms with E-state index in [1.165, 1.54) is 23.1 Å². The Morgan fingerprint density at radius 3 is 2.32 bits per heavy atom. The summed E-state index contributed by atoms with van der Waals surface area (Å²) < 4.78 is 19.2. The van der Waals surface area contributed by atoms with Crippen LogP contribution in [0.3, 0.4) is 0 Å². The zero-order chi connectivity index (χ0) is 25.9. The molecule has 5 rings (SSSR count). The number of aliphatic hydroxyl groups is 1. The Bertz CT molecular complexity index is 1360. The molecule has 3 amide bonds. The molecule has 2 heterocycles. The van der Waals surface area contributed by atoms with E-state index in [0.29, 0.717) is 0 Å². The van der Waals surface area contributed by atoms with Crippen LogP contribution in [0.5, 0.6) is 5.75 Å². The standard InChI is InChI=1S/C29H26FN3O4/c1-37-22-14-10-20(11-15-22)7-6-19-8-12-21(13-9-19)28-25-16-32(17-27(35)33(25)26(28)18-34)29(36)31-24-5-3-2-4-23(24)30/h2-5,8-15,25-26,28,34H,16-18H2,1H3,(H,31,36)/t25-,26-,28+/m1/s1. The van der Waals surface area contributed by atoms with Crippen molar-refractivity contribution < 1.29 is 23.8 Å². The molecule has 3 aromatic carbocycles. The number of aliphatic hydroxyl groups excluding tert-OH is 1. The number of hydrogen-bond acceptors (Lipinski definition) is 4. The number of halogens is 1. The second-order valence-electron chi connectivity index (χ2n) is 9.04. The van der Waals surface area contributed by atoms with E-state index < -0.39 is 11.8 Å². The van der Waals surface area contributed by atoms with Crippen LogP contribution < -0.4 is 10.1 Å². The number of nitrogens with one attached hydrogen (secondary N) is 1. The Labute approximate surface area is 214 Å². The summed E-state index contributed by atoms with van der Waals surface area (Å²) in [5.41, 5.74) is 2.72. The predicted octanol–water partition coefficient (Wildman–Crippen LogP) is 3.44. The molecular weight excluding hydrogens is 473 g/mol. The molecule has 3 aromatic rings. The average molecular weight is 500 g/mol. The van der Waals surface area contributed by atoms with Gasteiger partial charge in [-0.25, -0.2) is 9.18 Å². The fourth-order valence-electron chi connectivity index (χ4n) is 5.02. The van der Waals surface area contributed by atoms with Gasteiger partial charge in [0.1, 0.15) is 18.1 Å². The molecule has 0 aliphatic carbocycles. The van der Waals surface area contributed by atoms with Crippen LogP contribution >= 0.6 is 0 Å². The van der Waals surface area contributed by atoms with Crippen LogP contribution in [0.15, 0.2) is 72.8 Å². The summed E-state index contributed by atoms with van der Waals surface area (Å²) in [7, 11) is 1.62. The summed E-state index contributed by atoms with van der Waals surface area (Å²) in [6.07, 6.45) is 0. The van der Waals surface area contributed by atoms with E-state index in [1.54, 1.807) is 18.1 Å². The fourth-order valence-corrected chi connectivity index (χ4v) is 5.02. The average Bonchev–Trinajstić information content (AvgIpc) is 2.91. The number of ether oxygens (including phenoxy) is 1. The lowest BCUT2D eigenvalue weighted by Crippen LogP contribution is -2.73. The Morgan fingerprint density at radius 1 is 1.05 bits per heavy atom. The number of amides is 3. The molecule has 2 aliphatic rings. The Balaban J connectivity index is 1.30. The highest BCUT2D eigenvalue weighted by atomic mass is 19.1. The van der Waals surface area contributed by atoms with E-state index in [4.69, 9.17) is 4.74 Å². The van der Waals surface area contributed by atoms with Gasteiger partial charge in [0.25, 0.3) is 0 Å². The zero-order valence-corrected chi connectivity index (χ0v) is 20.2. The van der Waals surface area contributed by atoms with Gasteiger partial charge >= 0.3 is 6.03 Å². The van der Waals surface area contributed by atoms with E-state index in [0.717, 1.165) is 22.4 Å². The van der Waals surface area contributed by atoms with Gasteiger partial charge in [0.05, 0.1) is 31.5 Å². The van der Waals surface area contributed by atoms with Gasteiger partial charge in [-0.2, -0.15) is 0 Å². The Kier molecular flexibility index (Phi) is 6.80. The number of urea groups is 1. The lowest BCUT2D eigenvalue weighted by atomic mass is 9.73. The number of nitrogens with zero attached hydrogens (tertiary/aromatic N) is 2. The van der Waals surface area contributed by atoms with E-state index >= 15 is 0 Å². The molecule has 7 nitrogen and oxygen atoms in total. The maximum absolute atomic E-state index is 14.0. The second-order valence-corrected chi connectivity index (χ2v) is 9.04. The highest BCUT2D eigenvalue weighted by Gasteiger charge is 2.54. The molecule has 0 bridgehead atoms. The smallest absolute Gasteiger partial charge is 0.322 e. The third-order valence-corrected chi connectivity index (χ3v) is 6.89. The third-order valence-electron chi connectivity index (χ3n) is 6.89. The van der Waals surface area contributed by atoms with E-state index in [-0.39, 0.29) is 49.3 Å². The number of anilines is 1. The van der Waals surface area contributed by atoms with Crippen LogP contribution in [-0.4, -0.2) is 65.7 Å². The first-order chi connectivity index (χ1) is 18.0. The molecule has 0 saturated carbocycles. The molecule has 0 radical (unpaired) electrons. The van der Waals surface area contributed by atoms with Crippen molar-refractivity contribution in [3.05, 3.63) is 95.3 Å². The molecule has 0 aromatic heterocycles. The van der Waals surface area contributed by atoms with Crippen molar-refractivity contribution in [1.29, 1.82) is 0 Å². The summed E-state index contributed by atoms with van der Waals surface area (Å²) in [5.74, 6) is 6.12. The first kappa shape index (κ1) is 24.3. The number of benzene rings is 3. The van der Waals surface area contributed by atoms with Crippen LogP contribution in [-0.2, 0) is 4.79 Å². The number of fused-ring (bicyclic) bond motifs is 1. The number of piperazine rings is 1. The largest absolute Gasteiger partial charge is 0.497 e. The molecule has 188 valence electrons. The van der Waals surface area contributed by atoms with Crippen LogP contribution in [0.25, 0.3) is 0 Å². The number of rotatable bonds is 4. The number of para-hydroxylation sites is 1. The predicted molar refractivity (Wildman–Crippen MR) is 137 cm³/mol. The summed E-state index contributed by atoms with van der Waals surface area (Å²) in [6.45, 7) is -0.0144. The van der Waals surface area contributed by atoms with Gasteiger partial charge in [-0.15, -0.1) is 0 Å². The number of methoxy groups -OCH3 is 1. The minimum atomic E-state index is -0.544.